The first-order valence-electron chi connectivity index (χ1n) is 34.1. The van der Waals surface area contributed by atoms with Crippen molar-refractivity contribution in [3.8, 4) is 0 Å². The summed E-state index contributed by atoms with van der Waals surface area (Å²) < 4.78 is 22.8. The molecule has 12 unspecified atom stereocenters. The molecule has 0 radical (unpaired) electrons. The molecule has 2 aliphatic heterocycles. The molecule has 0 saturated carbocycles. The molecule has 0 aromatic heterocycles. The average molecular weight is 1210 g/mol. The SMILES string of the molecule is CC/C=C\C/C=C\C/C=C\C/C=C\C/C=C\C/C=C\CCCCCCCCCCCCC(=O)NC(COC1OC(CO)C(OC2OC(CO)C(O)C(O)C2O)C(O)C1O)C(O)/C=C/CC/C=C/CC/C=C/CCCCCCCCCCCCCCC. The van der Waals surface area contributed by atoms with Gasteiger partial charge in [-0.2, -0.15) is 0 Å². The van der Waals surface area contributed by atoms with E-state index in [-0.39, 0.29) is 18.9 Å². The molecule has 86 heavy (non-hydrogen) atoms. The third-order valence-electron chi connectivity index (χ3n) is 15.9. The lowest BCUT2D eigenvalue weighted by atomic mass is 9.97. The molecular weight excluding hydrogens is 1090 g/mol. The van der Waals surface area contributed by atoms with E-state index in [1.54, 1.807) is 6.08 Å². The monoisotopic (exact) mass is 1210 g/mol. The highest BCUT2D eigenvalue weighted by Crippen LogP contribution is 2.30. The van der Waals surface area contributed by atoms with Crippen molar-refractivity contribution in [2.75, 3.05) is 19.8 Å². The van der Waals surface area contributed by atoms with Crippen molar-refractivity contribution in [3.63, 3.8) is 0 Å². The third kappa shape index (κ3) is 39.6. The molecule has 0 aromatic rings. The molecule has 2 aliphatic rings. The Morgan fingerprint density at radius 2 is 0.814 bits per heavy atom. The fourth-order valence-electron chi connectivity index (χ4n) is 10.5. The summed E-state index contributed by atoms with van der Waals surface area (Å²) in [6.45, 7) is 2.67. The Morgan fingerprint density at radius 3 is 1.28 bits per heavy atom. The van der Waals surface area contributed by atoms with Gasteiger partial charge in [0.2, 0.25) is 5.91 Å². The van der Waals surface area contributed by atoms with E-state index in [9.17, 15) is 45.6 Å². The summed E-state index contributed by atoms with van der Waals surface area (Å²) in [6, 6.07) is -0.949. The number of hydrogen-bond donors (Lipinski definition) is 9. The largest absolute Gasteiger partial charge is 0.394 e. The zero-order valence-electron chi connectivity index (χ0n) is 53.5. The molecule has 494 valence electrons. The van der Waals surface area contributed by atoms with Crippen LogP contribution in [0.15, 0.2) is 109 Å². The molecular formula is C72H123NO13. The highest BCUT2D eigenvalue weighted by atomic mass is 16.7. The van der Waals surface area contributed by atoms with Crippen LogP contribution in [0.4, 0.5) is 0 Å². The maximum atomic E-state index is 13.3. The van der Waals surface area contributed by atoms with Gasteiger partial charge in [0.15, 0.2) is 12.6 Å². The van der Waals surface area contributed by atoms with E-state index in [0.29, 0.717) is 12.8 Å². The van der Waals surface area contributed by atoms with E-state index in [0.717, 1.165) is 89.9 Å². The molecule has 14 nitrogen and oxygen atoms in total. The van der Waals surface area contributed by atoms with Crippen molar-refractivity contribution < 1.29 is 64.6 Å². The minimum atomic E-state index is -1.80. The second kappa shape index (κ2) is 55.7. The van der Waals surface area contributed by atoms with Gasteiger partial charge in [-0.3, -0.25) is 4.79 Å². The fourth-order valence-corrected chi connectivity index (χ4v) is 10.5. The molecule has 12 atom stereocenters. The van der Waals surface area contributed by atoms with Gasteiger partial charge in [-0.25, -0.2) is 0 Å². The number of aliphatic hydroxyl groups excluding tert-OH is 8. The molecule has 2 heterocycles. The molecule has 0 aromatic carbocycles. The van der Waals surface area contributed by atoms with Gasteiger partial charge in [0.1, 0.15) is 48.8 Å². The number of unbranched alkanes of at least 4 members (excludes halogenated alkanes) is 25. The van der Waals surface area contributed by atoms with Gasteiger partial charge in [-0.05, 0) is 96.3 Å². The number of nitrogens with one attached hydrogen (secondary N) is 1. The van der Waals surface area contributed by atoms with Crippen LogP contribution in [-0.4, -0.2) is 140 Å². The van der Waals surface area contributed by atoms with E-state index >= 15 is 0 Å². The van der Waals surface area contributed by atoms with Crippen molar-refractivity contribution >= 4 is 5.91 Å². The smallest absolute Gasteiger partial charge is 0.220 e. The van der Waals surface area contributed by atoms with Gasteiger partial charge in [-0.15, -0.1) is 0 Å². The normalized spacial score (nSPS) is 24.1. The number of hydrogen-bond acceptors (Lipinski definition) is 13. The maximum Gasteiger partial charge on any atom is 0.220 e. The Morgan fingerprint density at radius 1 is 0.430 bits per heavy atom. The Bertz CT molecular complexity index is 1860. The van der Waals surface area contributed by atoms with Crippen LogP contribution in [0.3, 0.4) is 0 Å². The van der Waals surface area contributed by atoms with Crippen LogP contribution >= 0.6 is 0 Å². The van der Waals surface area contributed by atoms with E-state index < -0.39 is 86.8 Å². The van der Waals surface area contributed by atoms with E-state index in [4.69, 9.17) is 18.9 Å². The highest BCUT2D eigenvalue weighted by Gasteiger charge is 2.51. The standard InChI is InChI=1S/C72H123NO13/c1-3-5-7-9-11-13-15-17-19-21-23-25-27-28-29-30-31-32-34-36-38-40-42-44-46-48-50-52-54-56-64(77)73-60(59-83-71-69(82)67(80)70(63(58-75)85-71)86-72-68(81)66(79)65(78)62(57-74)84-72)61(76)55-53-51-49-47-45-43-41-39-37-35-33-26-24-22-20-18-16-14-12-10-8-6-4-2/h5,7,11,13,17,19,23,25,28-29,31-32,37,39,45,47,53,55,60-63,65-72,74-76,78-82H,3-4,6,8-10,12,14-16,18,20-22,24,26-27,30,33-36,38,40-44,46,48-52,54,56-59H2,1-2H3,(H,73,77)/b7-5-,13-11-,19-17-,25-23-,29-28-,32-31-,39-37+,47-45+,55-53+. The number of allylic oxidation sites excluding steroid dienone is 17. The minimum Gasteiger partial charge on any atom is -0.394 e. The average Bonchev–Trinajstić information content (AvgIpc) is 2.53. The van der Waals surface area contributed by atoms with E-state index in [2.05, 4.69) is 116 Å². The van der Waals surface area contributed by atoms with Crippen LogP contribution in [0.25, 0.3) is 0 Å². The van der Waals surface area contributed by atoms with Gasteiger partial charge in [0.05, 0.1) is 32.0 Å². The number of ether oxygens (including phenoxy) is 4. The summed E-state index contributed by atoms with van der Waals surface area (Å²) in [5.41, 5.74) is 0. The third-order valence-corrected chi connectivity index (χ3v) is 15.9. The maximum absolute atomic E-state index is 13.3. The summed E-state index contributed by atoms with van der Waals surface area (Å²) in [7, 11) is 0. The highest BCUT2D eigenvalue weighted by molar-refractivity contribution is 5.76. The van der Waals surface area contributed by atoms with Crippen LogP contribution in [0.1, 0.15) is 245 Å². The van der Waals surface area contributed by atoms with Crippen LogP contribution < -0.4 is 5.32 Å². The first-order valence-corrected chi connectivity index (χ1v) is 34.1. The topological polar surface area (TPSA) is 228 Å². The molecule has 1 amide bonds. The van der Waals surface area contributed by atoms with Gasteiger partial charge in [-0.1, -0.05) is 252 Å². The molecule has 0 bridgehead atoms. The van der Waals surface area contributed by atoms with Crippen LogP contribution in [0.5, 0.6) is 0 Å². The summed E-state index contributed by atoms with van der Waals surface area (Å²) in [5.74, 6) is -0.261. The predicted octanol–water partition coefficient (Wildman–Crippen LogP) is 13.6. The predicted molar refractivity (Wildman–Crippen MR) is 350 cm³/mol. The summed E-state index contributed by atoms with van der Waals surface area (Å²) in [4.78, 5) is 13.3. The molecule has 2 rings (SSSR count). The molecule has 9 N–H and O–H groups in total. The molecule has 14 heteroatoms. The quantitative estimate of drug-likeness (QED) is 0.0204. The first kappa shape index (κ1) is 78.7. The Balaban J connectivity index is 1.73. The second-order valence-electron chi connectivity index (χ2n) is 23.5. The molecule has 2 saturated heterocycles. The lowest BCUT2D eigenvalue weighted by Crippen LogP contribution is -2.65. The fraction of sp³-hybridized carbons (Fsp3) is 0.736. The first-order chi connectivity index (χ1) is 42.1. The van der Waals surface area contributed by atoms with Crippen LogP contribution in [0.2, 0.25) is 0 Å². The van der Waals surface area contributed by atoms with E-state index in [1.165, 1.54) is 122 Å². The summed E-state index contributed by atoms with van der Waals surface area (Å²) in [6.07, 6.45) is 62.7. The lowest BCUT2D eigenvalue weighted by molar-refractivity contribution is -0.359. The summed E-state index contributed by atoms with van der Waals surface area (Å²) >= 11 is 0. The van der Waals surface area contributed by atoms with Crippen molar-refractivity contribution in [2.24, 2.45) is 0 Å². The number of rotatable bonds is 54. The molecule has 0 spiro atoms. The molecule has 0 aliphatic carbocycles. The van der Waals surface area contributed by atoms with Crippen molar-refractivity contribution in [3.05, 3.63) is 109 Å². The zero-order chi connectivity index (χ0) is 62.3. The van der Waals surface area contributed by atoms with Crippen molar-refractivity contribution in [1.82, 2.24) is 5.32 Å². The Kier molecular flexibility index (Phi) is 51.0. The van der Waals surface area contributed by atoms with Gasteiger partial charge < -0.3 is 65.1 Å². The number of amides is 1. The van der Waals surface area contributed by atoms with Crippen molar-refractivity contribution in [2.45, 2.75) is 319 Å². The van der Waals surface area contributed by atoms with Crippen LogP contribution in [0, 0.1) is 0 Å². The number of carbonyl (C=O) groups excluding carboxylic acids is 1. The number of carbonyl (C=O) groups is 1. The molecule has 2 fully saturated rings. The van der Waals surface area contributed by atoms with Gasteiger partial charge in [0.25, 0.3) is 0 Å². The zero-order valence-corrected chi connectivity index (χ0v) is 53.5. The lowest BCUT2D eigenvalue weighted by Gasteiger charge is -2.46. The second-order valence-corrected chi connectivity index (χ2v) is 23.5. The van der Waals surface area contributed by atoms with E-state index in [1.807, 2.05) is 6.08 Å². The van der Waals surface area contributed by atoms with Gasteiger partial charge in [0, 0.05) is 6.42 Å². The number of aliphatic hydroxyl groups is 8. The summed E-state index contributed by atoms with van der Waals surface area (Å²) in [5, 5.41) is 87.4. The van der Waals surface area contributed by atoms with Gasteiger partial charge >= 0.3 is 0 Å². The Hall–Kier alpha value is -3.35. The minimum absolute atomic E-state index is 0.258. The Labute approximate surface area is 521 Å². The van der Waals surface area contributed by atoms with Crippen LogP contribution in [-0.2, 0) is 23.7 Å². The van der Waals surface area contributed by atoms with Crippen molar-refractivity contribution in [1.29, 1.82) is 0 Å².